The van der Waals surface area contributed by atoms with Crippen LogP contribution in [0.4, 0.5) is 22.0 Å². The predicted octanol–water partition coefficient (Wildman–Crippen LogP) is 4.59. The van der Waals surface area contributed by atoms with E-state index in [9.17, 15) is 26.7 Å². The number of aromatic nitrogens is 3. The van der Waals surface area contributed by atoms with Crippen LogP contribution in [-0.4, -0.2) is 45.4 Å². The number of piperidine rings is 1. The average molecular weight is 452 g/mol. The molecule has 10 heteroatoms. The average Bonchev–Trinajstić information content (AvgIpc) is 2.73. The van der Waals surface area contributed by atoms with E-state index in [1.165, 1.54) is 0 Å². The third-order valence-corrected chi connectivity index (χ3v) is 5.69. The molecule has 2 aromatic heterocycles. The number of benzene rings is 1. The second-order valence-corrected chi connectivity index (χ2v) is 8.10. The monoisotopic (exact) mass is 452 g/mol. The number of likely N-dealkylation sites (tertiary alicyclic amines) is 1. The Labute approximate surface area is 180 Å². The number of aromatic amines is 1. The van der Waals surface area contributed by atoms with E-state index >= 15 is 0 Å². The molecule has 1 aliphatic rings. The lowest BCUT2D eigenvalue weighted by Crippen LogP contribution is -2.40. The first-order chi connectivity index (χ1) is 15.0. The fourth-order valence-corrected chi connectivity index (χ4v) is 3.88. The highest BCUT2D eigenvalue weighted by Crippen LogP contribution is 2.31. The van der Waals surface area contributed by atoms with Crippen molar-refractivity contribution < 1.29 is 22.0 Å². The van der Waals surface area contributed by atoms with Gasteiger partial charge in [0.05, 0.1) is 16.5 Å². The van der Waals surface area contributed by atoms with Gasteiger partial charge in [0.25, 0.3) is 11.5 Å². The Morgan fingerprint density at radius 1 is 1.16 bits per heavy atom. The first-order valence-electron chi connectivity index (χ1n) is 10.2. The van der Waals surface area contributed by atoms with E-state index in [-0.39, 0.29) is 24.4 Å². The molecule has 0 bridgehead atoms. The number of alkyl halides is 5. The molecule has 1 N–H and O–H groups in total. The summed E-state index contributed by atoms with van der Waals surface area (Å²) in [5.41, 5.74) is 0.500. The van der Waals surface area contributed by atoms with Crippen LogP contribution >= 0.6 is 0 Å². The number of fused-ring (bicyclic) bond motifs is 1. The van der Waals surface area contributed by atoms with Crippen molar-refractivity contribution >= 4 is 10.9 Å². The van der Waals surface area contributed by atoms with Gasteiger partial charge in [-0.15, -0.1) is 0 Å². The molecule has 0 atom stereocenters. The SMILES string of the molecule is Cc1cc(CCN2CCC(F)(F)CC2)cc2c(=O)[nH]c(-c3cc(C(F)(F)F)ccn3)nc12. The van der Waals surface area contributed by atoms with E-state index in [2.05, 4.69) is 15.0 Å². The summed E-state index contributed by atoms with van der Waals surface area (Å²) in [5, 5.41) is 0.320. The third kappa shape index (κ3) is 4.79. The standard InChI is InChI=1S/C22H21F5N4O/c1-13-10-14(3-7-31-8-4-21(23,24)5-9-31)11-16-18(13)29-19(30-20(16)32)17-12-15(2-6-28-17)22(25,26)27/h2,6,10-12H,3-5,7-9H2,1H3,(H,29,30,32). The van der Waals surface area contributed by atoms with Crippen LogP contribution in [-0.2, 0) is 12.6 Å². The van der Waals surface area contributed by atoms with Crippen LogP contribution < -0.4 is 5.56 Å². The molecule has 32 heavy (non-hydrogen) atoms. The lowest BCUT2D eigenvalue weighted by Gasteiger charge is -2.31. The number of hydrogen-bond acceptors (Lipinski definition) is 4. The summed E-state index contributed by atoms with van der Waals surface area (Å²) in [6.45, 7) is 3.02. The minimum Gasteiger partial charge on any atom is -0.305 e. The van der Waals surface area contributed by atoms with Crippen LogP contribution in [0.1, 0.15) is 29.5 Å². The maximum atomic E-state index is 13.3. The highest BCUT2D eigenvalue weighted by atomic mass is 19.4. The summed E-state index contributed by atoms with van der Waals surface area (Å²) in [6.07, 6.45) is -3.24. The molecule has 0 amide bonds. The van der Waals surface area contributed by atoms with Crippen LogP contribution in [0.25, 0.3) is 22.4 Å². The molecule has 0 saturated carbocycles. The highest BCUT2D eigenvalue weighted by Gasteiger charge is 2.33. The number of pyridine rings is 1. The Balaban J connectivity index is 1.60. The van der Waals surface area contributed by atoms with Crippen LogP contribution in [0.15, 0.2) is 35.3 Å². The van der Waals surface area contributed by atoms with Crippen molar-refractivity contribution in [1.82, 2.24) is 19.9 Å². The topological polar surface area (TPSA) is 61.9 Å². The second kappa shape index (κ2) is 8.23. The lowest BCUT2D eigenvalue weighted by atomic mass is 10.0. The zero-order valence-electron chi connectivity index (χ0n) is 17.3. The molecule has 3 aromatic rings. The van der Waals surface area contributed by atoms with E-state index in [1.54, 1.807) is 13.0 Å². The van der Waals surface area contributed by atoms with Crippen LogP contribution in [0.5, 0.6) is 0 Å². The number of nitrogens with one attached hydrogen (secondary N) is 1. The highest BCUT2D eigenvalue weighted by molar-refractivity contribution is 5.83. The van der Waals surface area contributed by atoms with E-state index in [0.29, 0.717) is 42.5 Å². The van der Waals surface area contributed by atoms with Gasteiger partial charge in [0, 0.05) is 38.7 Å². The van der Waals surface area contributed by atoms with Crippen LogP contribution in [0.2, 0.25) is 0 Å². The fraction of sp³-hybridized carbons (Fsp3) is 0.409. The van der Waals surface area contributed by atoms with E-state index in [0.717, 1.165) is 23.9 Å². The summed E-state index contributed by atoms with van der Waals surface area (Å²) in [5.74, 6) is -2.64. The van der Waals surface area contributed by atoms with Gasteiger partial charge in [-0.1, -0.05) is 6.07 Å². The van der Waals surface area contributed by atoms with Crippen molar-refractivity contribution in [2.75, 3.05) is 19.6 Å². The van der Waals surface area contributed by atoms with Gasteiger partial charge in [-0.25, -0.2) is 13.8 Å². The Hall–Kier alpha value is -2.88. The molecule has 0 radical (unpaired) electrons. The van der Waals surface area contributed by atoms with Gasteiger partial charge in [-0.05, 0) is 42.7 Å². The minimum absolute atomic E-state index is 0.0429. The molecule has 0 spiro atoms. The molecular formula is C22H21F5N4O. The smallest absolute Gasteiger partial charge is 0.305 e. The number of aryl methyl sites for hydroxylation is 1. The second-order valence-electron chi connectivity index (χ2n) is 8.10. The molecule has 0 aliphatic carbocycles. The molecule has 3 heterocycles. The maximum Gasteiger partial charge on any atom is 0.416 e. The first-order valence-corrected chi connectivity index (χ1v) is 10.2. The van der Waals surface area contributed by atoms with Crippen molar-refractivity contribution in [3.05, 3.63) is 57.5 Å². The summed E-state index contributed by atoms with van der Waals surface area (Å²) in [7, 11) is 0. The van der Waals surface area contributed by atoms with E-state index in [4.69, 9.17) is 0 Å². The lowest BCUT2D eigenvalue weighted by molar-refractivity contribution is -0.137. The molecule has 1 saturated heterocycles. The summed E-state index contributed by atoms with van der Waals surface area (Å²) in [6, 6.07) is 5.24. The Morgan fingerprint density at radius 2 is 1.88 bits per heavy atom. The molecule has 4 rings (SSSR count). The van der Waals surface area contributed by atoms with Crippen LogP contribution in [0.3, 0.4) is 0 Å². The zero-order valence-corrected chi connectivity index (χ0v) is 17.3. The van der Waals surface area contributed by atoms with Crippen molar-refractivity contribution in [3.63, 3.8) is 0 Å². The Morgan fingerprint density at radius 3 is 2.56 bits per heavy atom. The molecule has 1 aromatic carbocycles. The van der Waals surface area contributed by atoms with Crippen molar-refractivity contribution in [2.24, 2.45) is 0 Å². The van der Waals surface area contributed by atoms with Gasteiger partial charge in [0.15, 0.2) is 5.82 Å². The van der Waals surface area contributed by atoms with Crippen molar-refractivity contribution in [3.8, 4) is 11.5 Å². The molecule has 0 unspecified atom stereocenters. The van der Waals surface area contributed by atoms with Gasteiger partial charge in [-0.3, -0.25) is 9.78 Å². The molecular weight excluding hydrogens is 431 g/mol. The van der Waals surface area contributed by atoms with Gasteiger partial charge in [0.2, 0.25) is 0 Å². The van der Waals surface area contributed by atoms with Crippen molar-refractivity contribution in [1.29, 1.82) is 0 Å². The quantitative estimate of drug-likeness (QED) is 0.589. The fourth-order valence-electron chi connectivity index (χ4n) is 3.88. The zero-order chi connectivity index (χ0) is 23.1. The maximum absolute atomic E-state index is 13.3. The Bertz CT molecular complexity index is 1200. The molecule has 170 valence electrons. The summed E-state index contributed by atoms with van der Waals surface area (Å²) < 4.78 is 65.7. The Kier molecular flexibility index (Phi) is 5.74. The summed E-state index contributed by atoms with van der Waals surface area (Å²) in [4.78, 5) is 25.5. The first kappa shape index (κ1) is 22.3. The number of nitrogens with zero attached hydrogens (tertiary/aromatic N) is 3. The third-order valence-electron chi connectivity index (χ3n) is 5.69. The molecule has 1 fully saturated rings. The minimum atomic E-state index is -4.54. The van der Waals surface area contributed by atoms with Gasteiger partial charge >= 0.3 is 6.18 Å². The number of hydrogen-bond donors (Lipinski definition) is 1. The largest absolute Gasteiger partial charge is 0.416 e. The van der Waals surface area contributed by atoms with Gasteiger partial charge in [-0.2, -0.15) is 13.2 Å². The molecule has 1 aliphatic heterocycles. The predicted molar refractivity (Wildman–Crippen MR) is 110 cm³/mol. The van der Waals surface area contributed by atoms with E-state index in [1.807, 2.05) is 11.0 Å². The van der Waals surface area contributed by atoms with Crippen molar-refractivity contribution in [2.45, 2.75) is 38.3 Å². The molecule has 5 nitrogen and oxygen atoms in total. The number of halogens is 5. The summed E-state index contributed by atoms with van der Waals surface area (Å²) >= 11 is 0. The normalized spacial score (nSPS) is 17.1. The number of rotatable bonds is 4. The van der Waals surface area contributed by atoms with Gasteiger partial charge in [0.1, 0.15) is 5.69 Å². The van der Waals surface area contributed by atoms with Gasteiger partial charge < -0.3 is 9.88 Å². The van der Waals surface area contributed by atoms with E-state index < -0.39 is 23.2 Å². The number of H-pyrrole nitrogens is 1. The van der Waals surface area contributed by atoms with Crippen LogP contribution in [0, 0.1) is 6.92 Å².